The molecule has 0 aliphatic heterocycles. The van der Waals surface area contributed by atoms with Crippen LogP contribution in [0.2, 0.25) is 0 Å². The van der Waals surface area contributed by atoms with Crippen LogP contribution in [0.25, 0.3) is 0 Å². The van der Waals surface area contributed by atoms with E-state index < -0.39 is 27.8 Å². The van der Waals surface area contributed by atoms with Crippen molar-refractivity contribution in [3.05, 3.63) is 89.0 Å². The molecule has 0 bridgehead atoms. The lowest BCUT2D eigenvalue weighted by Gasteiger charge is -2.12. The second-order valence-electron chi connectivity index (χ2n) is 7.66. The van der Waals surface area contributed by atoms with E-state index in [1.165, 1.54) is 48.7 Å². The summed E-state index contributed by atoms with van der Waals surface area (Å²) >= 11 is 0. The summed E-state index contributed by atoms with van der Waals surface area (Å²) < 4.78 is 74.5. The average Bonchev–Trinajstić information content (AvgIpc) is 2.80. The quantitative estimate of drug-likeness (QED) is 0.247. The van der Waals surface area contributed by atoms with Gasteiger partial charge in [0.15, 0.2) is 11.5 Å². The number of nitrogens with zero attached hydrogens (tertiary/aromatic N) is 1. The van der Waals surface area contributed by atoms with Gasteiger partial charge in [0.25, 0.3) is 0 Å². The largest absolute Gasteiger partial charge is 0.490 e. The second-order valence-corrected chi connectivity index (χ2v) is 9.20. The van der Waals surface area contributed by atoms with Gasteiger partial charge in [-0.05, 0) is 61.4 Å². The van der Waals surface area contributed by atoms with E-state index in [2.05, 4.69) is 10.5 Å². The van der Waals surface area contributed by atoms with Crippen LogP contribution in [-0.4, -0.2) is 27.1 Å². The highest BCUT2D eigenvalue weighted by Crippen LogP contribution is 2.31. The average molecular weight is 521 g/mol. The molecule has 0 aliphatic carbocycles. The molecule has 0 aromatic heterocycles. The Kier molecular flexibility index (Phi) is 8.36. The first-order chi connectivity index (χ1) is 17.0. The molecule has 0 fully saturated rings. The zero-order valence-electron chi connectivity index (χ0n) is 19.4. The van der Waals surface area contributed by atoms with Gasteiger partial charge in [-0.25, -0.2) is 5.43 Å². The highest BCUT2D eigenvalue weighted by Gasteiger charge is 2.30. The Morgan fingerprint density at radius 2 is 1.75 bits per heavy atom. The van der Waals surface area contributed by atoms with Crippen LogP contribution in [0, 0.1) is 6.92 Å². The predicted octanol–water partition coefficient (Wildman–Crippen LogP) is 4.87. The van der Waals surface area contributed by atoms with Crippen LogP contribution in [0.3, 0.4) is 0 Å². The van der Waals surface area contributed by atoms with E-state index in [9.17, 15) is 26.4 Å². The molecule has 36 heavy (non-hydrogen) atoms. The number of hydrogen-bond acceptors (Lipinski definition) is 6. The number of aryl methyl sites for hydroxylation is 1. The van der Waals surface area contributed by atoms with Crippen LogP contribution >= 0.6 is 0 Å². The molecule has 11 heteroatoms. The van der Waals surface area contributed by atoms with E-state index in [1.54, 1.807) is 19.1 Å². The molecule has 1 N–H and O–H groups in total. The fourth-order valence-corrected chi connectivity index (χ4v) is 4.01. The molecule has 3 aromatic carbocycles. The lowest BCUT2D eigenvalue weighted by atomic mass is 10.1. The number of benzene rings is 3. The van der Waals surface area contributed by atoms with Crippen LogP contribution < -0.4 is 14.3 Å². The highest BCUT2D eigenvalue weighted by atomic mass is 32.2. The molecule has 0 saturated carbocycles. The number of hydrogen-bond donors (Lipinski definition) is 1. The van der Waals surface area contributed by atoms with E-state index >= 15 is 0 Å². The van der Waals surface area contributed by atoms with Gasteiger partial charge in [-0.3, -0.25) is 4.79 Å². The molecule has 0 atom stereocenters. The zero-order valence-corrected chi connectivity index (χ0v) is 20.2. The Labute approximate surface area is 206 Å². The lowest BCUT2D eigenvalue weighted by molar-refractivity contribution is -0.137. The van der Waals surface area contributed by atoms with Gasteiger partial charge in [0.2, 0.25) is 5.91 Å². The molecule has 1 amide bonds. The summed E-state index contributed by atoms with van der Waals surface area (Å²) in [6, 6.07) is 15.0. The van der Waals surface area contributed by atoms with Crippen LogP contribution in [-0.2, 0) is 27.5 Å². The molecule has 3 aromatic rings. The summed E-state index contributed by atoms with van der Waals surface area (Å²) in [5.74, 6) is -0.490. The van der Waals surface area contributed by atoms with Crippen molar-refractivity contribution in [1.82, 2.24) is 5.43 Å². The van der Waals surface area contributed by atoms with Gasteiger partial charge in [0, 0.05) is 0 Å². The number of carbonyl (C=O) groups excluding carboxylic acids is 1. The number of ether oxygens (including phenoxy) is 1. The lowest BCUT2D eigenvalue weighted by Crippen LogP contribution is -2.20. The molecule has 0 spiro atoms. The number of carbonyl (C=O) groups is 1. The van der Waals surface area contributed by atoms with Gasteiger partial charge in [0.1, 0.15) is 4.90 Å². The minimum atomic E-state index is -4.50. The van der Waals surface area contributed by atoms with Gasteiger partial charge in [-0.1, -0.05) is 35.9 Å². The van der Waals surface area contributed by atoms with Gasteiger partial charge >= 0.3 is 16.3 Å². The third kappa shape index (κ3) is 7.32. The van der Waals surface area contributed by atoms with Crippen molar-refractivity contribution >= 4 is 22.2 Å². The van der Waals surface area contributed by atoms with Crippen LogP contribution in [0.4, 0.5) is 13.2 Å². The van der Waals surface area contributed by atoms with Gasteiger partial charge in [-0.2, -0.15) is 26.7 Å². The fourth-order valence-electron chi connectivity index (χ4n) is 3.07. The Balaban J connectivity index is 1.68. The van der Waals surface area contributed by atoms with Crippen molar-refractivity contribution in [2.75, 3.05) is 6.61 Å². The Morgan fingerprint density at radius 3 is 2.42 bits per heavy atom. The van der Waals surface area contributed by atoms with Crippen LogP contribution in [0.1, 0.15) is 29.2 Å². The van der Waals surface area contributed by atoms with Crippen LogP contribution in [0.15, 0.2) is 76.7 Å². The summed E-state index contributed by atoms with van der Waals surface area (Å²) in [6.07, 6.45) is -3.52. The van der Waals surface area contributed by atoms with E-state index in [4.69, 9.17) is 8.92 Å². The molecular formula is C25H23F3N2O5S. The Hall–Kier alpha value is -3.86. The number of rotatable bonds is 9. The molecule has 0 saturated heterocycles. The summed E-state index contributed by atoms with van der Waals surface area (Å²) in [7, 11) is -4.10. The minimum Gasteiger partial charge on any atom is -0.490 e. The molecule has 0 heterocycles. The number of amides is 1. The third-order valence-corrected chi connectivity index (χ3v) is 6.05. The van der Waals surface area contributed by atoms with Gasteiger partial charge in [-0.15, -0.1) is 0 Å². The number of halogens is 3. The van der Waals surface area contributed by atoms with Crippen LogP contribution in [0.5, 0.6) is 11.5 Å². The van der Waals surface area contributed by atoms with Crippen molar-refractivity contribution in [1.29, 1.82) is 0 Å². The van der Waals surface area contributed by atoms with Gasteiger partial charge in [0.05, 0.1) is 24.8 Å². The second kappa shape index (κ2) is 11.3. The third-order valence-electron chi connectivity index (χ3n) is 4.80. The molecular weight excluding hydrogens is 497 g/mol. The number of hydrazone groups is 1. The number of nitrogens with one attached hydrogen (secondary N) is 1. The molecule has 0 aliphatic rings. The Bertz CT molecular complexity index is 1350. The topological polar surface area (TPSA) is 94.1 Å². The summed E-state index contributed by atoms with van der Waals surface area (Å²) in [5.41, 5.74) is 2.95. The predicted molar refractivity (Wildman–Crippen MR) is 127 cm³/mol. The summed E-state index contributed by atoms with van der Waals surface area (Å²) in [6.45, 7) is 3.78. The first-order valence-electron chi connectivity index (χ1n) is 10.7. The molecule has 0 radical (unpaired) electrons. The van der Waals surface area contributed by atoms with Crippen molar-refractivity contribution < 1.29 is 35.3 Å². The summed E-state index contributed by atoms with van der Waals surface area (Å²) in [4.78, 5) is 12.1. The first-order valence-corrected chi connectivity index (χ1v) is 12.1. The zero-order chi connectivity index (χ0) is 26.3. The normalized spacial score (nSPS) is 11.9. The standard InChI is InChI=1S/C25H23F3N2O5S/c1-3-34-23-14-19(9-12-22(23)35-36(32,33)21-10-7-17(2)8-11-21)16-29-30-24(31)15-18-5-4-6-20(13-18)25(26,27)28/h4-14,16H,3,15H2,1-2H3,(H,30,31)/b29-16-. The fraction of sp³-hybridized carbons (Fsp3) is 0.200. The maximum atomic E-state index is 12.8. The Morgan fingerprint density at radius 1 is 1.03 bits per heavy atom. The summed E-state index contributed by atoms with van der Waals surface area (Å²) in [5, 5.41) is 3.81. The monoisotopic (exact) mass is 520 g/mol. The number of alkyl halides is 3. The SMILES string of the molecule is CCOc1cc(/C=N\NC(=O)Cc2cccc(C(F)(F)F)c2)ccc1OS(=O)(=O)c1ccc(C)cc1. The van der Waals surface area contributed by atoms with E-state index in [1.807, 2.05) is 6.92 Å². The van der Waals surface area contributed by atoms with Crippen molar-refractivity contribution in [3.8, 4) is 11.5 Å². The molecule has 190 valence electrons. The van der Waals surface area contributed by atoms with E-state index in [0.717, 1.165) is 17.7 Å². The maximum Gasteiger partial charge on any atom is 0.416 e. The first kappa shape index (κ1) is 26.7. The molecule has 0 unspecified atom stereocenters. The molecule has 7 nitrogen and oxygen atoms in total. The van der Waals surface area contributed by atoms with Gasteiger partial charge < -0.3 is 8.92 Å². The highest BCUT2D eigenvalue weighted by molar-refractivity contribution is 7.87. The minimum absolute atomic E-state index is 0.00956. The van der Waals surface area contributed by atoms with Crippen molar-refractivity contribution in [3.63, 3.8) is 0 Å². The van der Waals surface area contributed by atoms with E-state index in [-0.39, 0.29) is 35.0 Å². The van der Waals surface area contributed by atoms with E-state index in [0.29, 0.717) is 5.56 Å². The maximum absolute atomic E-state index is 12.8. The smallest absolute Gasteiger partial charge is 0.416 e. The van der Waals surface area contributed by atoms with Crippen molar-refractivity contribution in [2.45, 2.75) is 31.3 Å². The molecule has 3 rings (SSSR count). The van der Waals surface area contributed by atoms with Crippen molar-refractivity contribution in [2.24, 2.45) is 5.10 Å².